The van der Waals surface area contributed by atoms with Crippen LogP contribution in [0, 0.1) is 0 Å². The van der Waals surface area contributed by atoms with Crippen molar-refractivity contribution in [2.75, 3.05) is 7.11 Å². The van der Waals surface area contributed by atoms with E-state index in [9.17, 15) is 9.90 Å². The number of aromatic nitrogens is 3. The molecule has 9 heteroatoms. The number of carboxylic acids is 1. The standard InChI is InChI=1S/C25H22ClN3O4S/c1-14(2)33-21-10-8-15(17-6-4-5-7-18(17)21)12-22(24(30)31)34-25-27-23(28-29-25)19-13-16(26)9-11-20(19)32-3/h4-14H,1-3H3,(H,30,31)(H,27,28,29)/b22-12-. The maximum absolute atomic E-state index is 12.1. The third kappa shape index (κ3) is 5.18. The molecule has 0 unspecified atom stereocenters. The van der Waals surface area contributed by atoms with Gasteiger partial charge in [-0.3, -0.25) is 5.10 Å². The Labute approximate surface area is 205 Å². The van der Waals surface area contributed by atoms with E-state index >= 15 is 0 Å². The second-order valence-corrected chi connectivity index (χ2v) is 9.04. The summed E-state index contributed by atoms with van der Waals surface area (Å²) in [5, 5.41) is 19.4. The number of nitrogens with one attached hydrogen (secondary N) is 1. The molecule has 0 saturated heterocycles. The van der Waals surface area contributed by atoms with Gasteiger partial charge in [-0.1, -0.05) is 41.9 Å². The Kier molecular flexibility index (Phi) is 7.09. The second-order valence-electron chi connectivity index (χ2n) is 7.59. The van der Waals surface area contributed by atoms with Gasteiger partial charge < -0.3 is 14.6 Å². The summed E-state index contributed by atoms with van der Waals surface area (Å²) in [6.07, 6.45) is 1.64. The van der Waals surface area contributed by atoms with Crippen molar-refractivity contribution in [1.82, 2.24) is 15.2 Å². The van der Waals surface area contributed by atoms with Crippen LogP contribution >= 0.6 is 23.4 Å². The number of hydrogen-bond donors (Lipinski definition) is 2. The van der Waals surface area contributed by atoms with E-state index in [1.165, 1.54) is 0 Å². The number of fused-ring (bicyclic) bond motifs is 1. The lowest BCUT2D eigenvalue weighted by Gasteiger charge is -2.14. The first-order valence-electron chi connectivity index (χ1n) is 10.4. The Morgan fingerprint density at radius 3 is 2.56 bits per heavy atom. The summed E-state index contributed by atoms with van der Waals surface area (Å²) in [5.74, 6) is 0.665. The van der Waals surface area contributed by atoms with Gasteiger partial charge in [-0.05, 0) is 66.9 Å². The zero-order valence-corrected chi connectivity index (χ0v) is 20.3. The number of halogens is 1. The number of hydrogen-bond acceptors (Lipinski definition) is 6. The Hall–Kier alpha value is -3.49. The normalized spacial score (nSPS) is 11.7. The highest BCUT2D eigenvalue weighted by Gasteiger charge is 2.17. The van der Waals surface area contributed by atoms with Crippen LogP contribution in [0.3, 0.4) is 0 Å². The Morgan fingerprint density at radius 1 is 1.12 bits per heavy atom. The minimum atomic E-state index is -1.08. The molecular formula is C25H22ClN3O4S. The minimum Gasteiger partial charge on any atom is -0.496 e. The van der Waals surface area contributed by atoms with Crippen LogP contribution in [-0.4, -0.2) is 39.5 Å². The molecule has 174 valence electrons. The number of benzene rings is 3. The highest BCUT2D eigenvalue weighted by atomic mass is 35.5. The topological polar surface area (TPSA) is 97.3 Å². The van der Waals surface area contributed by atoms with Gasteiger partial charge in [0.1, 0.15) is 16.4 Å². The molecule has 1 heterocycles. The predicted octanol–water partition coefficient (Wildman–Crippen LogP) is 6.29. The Morgan fingerprint density at radius 2 is 1.85 bits per heavy atom. The van der Waals surface area contributed by atoms with Gasteiger partial charge in [0.15, 0.2) is 5.82 Å². The summed E-state index contributed by atoms with van der Waals surface area (Å²) in [6.45, 7) is 3.93. The number of carbonyl (C=O) groups is 1. The lowest BCUT2D eigenvalue weighted by atomic mass is 10.0. The number of aromatic amines is 1. The molecule has 1 aromatic heterocycles. The van der Waals surface area contributed by atoms with Crippen LogP contribution < -0.4 is 9.47 Å². The Balaban J connectivity index is 1.69. The molecule has 34 heavy (non-hydrogen) atoms. The Bertz CT molecular complexity index is 1380. The molecule has 0 aliphatic heterocycles. The van der Waals surface area contributed by atoms with E-state index in [-0.39, 0.29) is 16.2 Å². The summed E-state index contributed by atoms with van der Waals surface area (Å²) >= 11 is 7.07. The second kappa shape index (κ2) is 10.2. The number of ether oxygens (including phenoxy) is 2. The average Bonchev–Trinajstić information content (AvgIpc) is 3.28. The fraction of sp³-hybridized carbons (Fsp3) is 0.160. The number of thioether (sulfide) groups is 1. The molecule has 0 atom stereocenters. The molecule has 0 amide bonds. The van der Waals surface area contributed by atoms with Gasteiger partial charge in [0.2, 0.25) is 5.16 Å². The number of carboxylic acid groups (broad SMARTS) is 1. The number of methoxy groups -OCH3 is 1. The highest BCUT2D eigenvalue weighted by molar-refractivity contribution is 8.04. The van der Waals surface area contributed by atoms with Crippen molar-refractivity contribution >= 4 is 46.2 Å². The maximum Gasteiger partial charge on any atom is 0.342 e. The number of nitrogens with zero attached hydrogens (tertiary/aromatic N) is 2. The van der Waals surface area contributed by atoms with E-state index in [4.69, 9.17) is 21.1 Å². The summed E-state index contributed by atoms with van der Waals surface area (Å²) < 4.78 is 11.3. The summed E-state index contributed by atoms with van der Waals surface area (Å²) in [6, 6.07) is 16.6. The molecule has 4 rings (SSSR count). The van der Waals surface area contributed by atoms with E-state index in [2.05, 4.69) is 15.2 Å². The third-order valence-corrected chi connectivity index (χ3v) is 5.97. The first kappa shape index (κ1) is 23.7. The van der Waals surface area contributed by atoms with Gasteiger partial charge >= 0.3 is 5.97 Å². The van der Waals surface area contributed by atoms with Crippen molar-refractivity contribution in [3.05, 3.63) is 70.1 Å². The molecular weight excluding hydrogens is 474 g/mol. The van der Waals surface area contributed by atoms with Crippen molar-refractivity contribution in [2.45, 2.75) is 25.1 Å². The molecule has 0 spiro atoms. The van der Waals surface area contributed by atoms with Crippen LogP contribution in [-0.2, 0) is 4.79 Å². The van der Waals surface area contributed by atoms with Crippen molar-refractivity contribution < 1.29 is 19.4 Å². The largest absolute Gasteiger partial charge is 0.496 e. The summed E-state index contributed by atoms with van der Waals surface area (Å²) in [4.78, 5) is 16.6. The van der Waals surface area contributed by atoms with E-state index < -0.39 is 5.97 Å². The quantitative estimate of drug-likeness (QED) is 0.219. The first-order valence-corrected chi connectivity index (χ1v) is 11.6. The highest BCUT2D eigenvalue weighted by Crippen LogP contribution is 2.35. The van der Waals surface area contributed by atoms with Crippen LogP contribution in [0.25, 0.3) is 28.2 Å². The van der Waals surface area contributed by atoms with Gasteiger partial charge in [0, 0.05) is 10.4 Å². The molecule has 7 nitrogen and oxygen atoms in total. The van der Waals surface area contributed by atoms with Crippen LogP contribution in [0.5, 0.6) is 11.5 Å². The fourth-order valence-electron chi connectivity index (χ4n) is 3.43. The van der Waals surface area contributed by atoms with Gasteiger partial charge in [-0.2, -0.15) is 0 Å². The third-order valence-electron chi connectivity index (χ3n) is 4.86. The minimum absolute atomic E-state index is 0.0213. The van der Waals surface area contributed by atoms with Gasteiger partial charge in [-0.15, -0.1) is 5.10 Å². The molecule has 0 aliphatic carbocycles. The average molecular weight is 496 g/mol. The molecule has 0 bridgehead atoms. The van der Waals surface area contributed by atoms with Crippen LogP contribution in [0.2, 0.25) is 5.02 Å². The van der Waals surface area contributed by atoms with E-state index in [0.29, 0.717) is 22.2 Å². The van der Waals surface area contributed by atoms with E-state index in [0.717, 1.165) is 33.8 Å². The smallest absolute Gasteiger partial charge is 0.342 e. The maximum atomic E-state index is 12.1. The van der Waals surface area contributed by atoms with Crippen molar-refractivity contribution in [3.8, 4) is 22.9 Å². The molecule has 0 radical (unpaired) electrons. The SMILES string of the molecule is COc1ccc(Cl)cc1-c1nc(S/C(=C\c2ccc(OC(C)C)c3ccccc23)C(=O)O)n[nH]1. The zero-order chi connectivity index (χ0) is 24.2. The fourth-order valence-corrected chi connectivity index (χ4v) is 4.30. The lowest BCUT2D eigenvalue weighted by molar-refractivity contribution is -0.131. The monoisotopic (exact) mass is 495 g/mol. The lowest BCUT2D eigenvalue weighted by Crippen LogP contribution is -2.06. The predicted molar refractivity (Wildman–Crippen MR) is 135 cm³/mol. The molecule has 0 fully saturated rings. The molecule has 4 aromatic rings. The summed E-state index contributed by atoms with van der Waals surface area (Å²) in [5.41, 5.74) is 1.38. The molecule has 2 N–H and O–H groups in total. The van der Waals surface area contributed by atoms with Gasteiger partial charge in [0.25, 0.3) is 0 Å². The molecule has 0 saturated carbocycles. The number of aliphatic carboxylic acids is 1. The van der Waals surface area contributed by atoms with Gasteiger partial charge in [0.05, 0.1) is 18.8 Å². The van der Waals surface area contributed by atoms with Crippen molar-refractivity contribution in [2.24, 2.45) is 0 Å². The first-order chi connectivity index (χ1) is 16.4. The number of H-pyrrole nitrogens is 1. The van der Waals surface area contributed by atoms with E-state index in [1.807, 2.05) is 50.2 Å². The van der Waals surface area contributed by atoms with Crippen LogP contribution in [0.4, 0.5) is 0 Å². The number of rotatable bonds is 8. The molecule has 3 aromatic carbocycles. The van der Waals surface area contributed by atoms with Crippen LogP contribution in [0.15, 0.2) is 64.7 Å². The zero-order valence-electron chi connectivity index (χ0n) is 18.7. The summed E-state index contributed by atoms with van der Waals surface area (Å²) in [7, 11) is 1.55. The van der Waals surface area contributed by atoms with Crippen molar-refractivity contribution in [1.29, 1.82) is 0 Å². The van der Waals surface area contributed by atoms with E-state index in [1.54, 1.807) is 31.4 Å². The van der Waals surface area contributed by atoms with Gasteiger partial charge in [-0.25, -0.2) is 9.78 Å². The molecule has 0 aliphatic rings. The van der Waals surface area contributed by atoms with Crippen molar-refractivity contribution in [3.63, 3.8) is 0 Å². The van der Waals surface area contributed by atoms with Crippen LogP contribution in [0.1, 0.15) is 19.4 Å².